The van der Waals surface area contributed by atoms with Gasteiger partial charge in [-0.3, -0.25) is 9.69 Å². The van der Waals surface area contributed by atoms with Crippen molar-refractivity contribution in [3.63, 3.8) is 0 Å². The number of urea groups is 1. The molecule has 1 aromatic carbocycles. The second-order valence-corrected chi connectivity index (χ2v) is 8.65. The molecule has 0 saturated heterocycles. The molecule has 1 aromatic rings. The summed E-state index contributed by atoms with van der Waals surface area (Å²) >= 11 is 0. The van der Waals surface area contributed by atoms with E-state index >= 15 is 0 Å². The first-order valence-corrected chi connectivity index (χ1v) is 10.8. The van der Waals surface area contributed by atoms with Crippen LogP contribution >= 0.6 is 0 Å². The van der Waals surface area contributed by atoms with Crippen molar-refractivity contribution in [1.82, 2.24) is 15.5 Å². The van der Waals surface area contributed by atoms with E-state index in [1.54, 1.807) is 4.90 Å². The predicted octanol–water partition coefficient (Wildman–Crippen LogP) is 4.22. The van der Waals surface area contributed by atoms with Crippen LogP contribution in [0.15, 0.2) is 60.1 Å². The summed E-state index contributed by atoms with van der Waals surface area (Å²) in [5.74, 6) is 0.700. The molecule has 3 N–H and O–H groups in total. The third kappa shape index (κ3) is 4.58. The minimum atomic E-state index is -0.125. The number of carbonyl (C=O) groups excluding carboxylic acids is 2. The summed E-state index contributed by atoms with van der Waals surface area (Å²) in [5, 5.41) is 9.20. The summed E-state index contributed by atoms with van der Waals surface area (Å²) < 4.78 is 0. The van der Waals surface area contributed by atoms with Crippen LogP contribution in [0.3, 0.4) is 0 Å². The zero-order valence-corrected chi connectivity index (χ0v) is 17.7. The monoisotopic (exact) mass is 406 g/mol. The third-order valence-corrected chi connectivity index (χ3v) is 6.12. The van der Waals surface area contributed by atoms with Crippen molar-refractivity contribution in [3.05, 3.63) is 65.7 Å². The fraction of sp³-hybridized carbons (Fsp3) is 0.417. The van der Waals surface area contributed by atoms with Crippen LogP contribution in [0, 0.1) is 5.92 Å². The highest BCUT2D eigenvalue weighted by Gasteiger charge is 2.25. The summed E-state index contributed by atoms with van der Waals surface area (Å²) in [7, 11) is 0. The number of nitrogens with zero attached hydrogens (tertiary/aromatic N) is 1. The SMILES string of the molecule is CC(C)C(=O)N[C@H]1CC[C@@H](c2ccc(NC(=O)N3C=C4C=CNC=C4C3)cc2)CC1. The first-order valence-electron chi connectivity index (χ1n) is 10.8. The molecule has 2 aliphatic heterocycles. The standard InChI is InChI=1S/C24H30N4O2/c1-16(2)23(29)26-21-7-3-17(4-8-21)18-5-9-22(10-6-18)27-24(30)28-14-19-11-12-25-13-20(19)15-28/h5-6,9-14,16-17,21,25H,3-4,7-8,15H2,1-2H3,(H,26,29)(H,27,30)/t17-,21+. The van der Waals surface area contributed by atoms with E-state index in [-0.39, 0.29) is 17.9 Å². The zero-order chi connectivity index (χ0) is 21.1. The van der Waals surface area contributed by atoms with Gasteiger partial charge < -0.3 is 16.0 Å². The van der Waals surface area contributed by atoms with Crippen molar-refractivity contribution in [2.45, 2.75) is 51.5 Å². The molecule has 0 spiro atoms. The van der Waals surface area contributed by atoms with Gasteiger partial charge in [0.1, 0.15) is 0 Å². The maximum Gasteiger partial charge on any atom is 0.326 e. The van der Waals surface area contributed by atoms with Crippen molar-refractivity contribution < 1.29 is 9.59 Å². The van der Waals surface area contributed by atoms with Crippen molar-refractivity contribution in [2.24, 2.45) is 5.92 Å². The topological polar surface area (TPSA) is 73.5 Å². The Bertz CT molecular complexity index is 890. The quantitative estimate of drug-likeness (QED) is 0.701. The molecule has 0 bridgehead atoms. The number of hydrogen-bond donors (Lipinski definition) is 3. The average Bonchev–Trinajstić information content (AvgIpc) is 3.19. The second-order valence-electron chi connectivity index (χ2n) is 8.65. The van der Waals surface area contributed by atoms with E-state index in [0.717, 1.165) is 42.5 Å². The largest absolute Gasteiger partial charge is 0.367 e. The number of carbonyl (C=O) groups is 2. The van der Waals surface area contributed by atoms with Gasteiger partial charge in [0.05, 0.1) is 6.54 Å². The summed E-state index contributed by atoms with van der Waals surface area (Å²) in [6, 6.07) is 8.37. The summed E-state index contributed by atoms with van der Waals surface area (Å²) in [5.41, 5.74) is 4.29. The highest BCUT2D eigenvalue weighted by atomic mass is 16.2. The lowest BCUT2D eigenvalue weighted by atomic mass is 9.81. The number of fused-ring (bicyclic) bond motifs is 1. The molecule has 6 heteroatoms. The first-order chi connectivity index (χ1) is 14.5. The van der Waals surface area contributed by atoms with E-state index in [0.29, 0.717) is 18.5 Å². The fourth-order valence-corrected chi connectivity index (χ4v) is 4.24. The summed E-state index contributed by atoms with van der Waals surface area (Å²) in [4.78, 5) is 26.2. The lowest BCUT2D eigenvalue weighted by molar-refractivity contribution is -0.124. The third-order valence-electron chi connectivity index (χ3n) is 6.12. The molecular weight excluding hydrogens is 376 g/mol. The Kier molecular flexibility index (Phi) is 5.93. The molecule has 30 heavy (non-hydrogen) atoms. The Morgan fingerprint density at radius 1 is 1.10 bits per heavy atom. The molecule has 1 saturated carbocycles. The van der Waals surface area contributed by atoms with E-state index in [4.69, 9.17) is 0 Å². The molecular formula is C24H30N4O2. The number of nitrogens with one attached hydrogen (secondary N) is 3. The number of rotatable bonds is 4. The molecule has 1 aliphatic carbocycles. The van der Waals surface area contributed by atoms with E-state index in [1.165, 1.54) is 5.56 Å². The number of allylic oxidation sites excluding steroid dienone is 1. The van der Waals surface area contributed by atoms with Gasteiger partial charge in [-0.15, -0.1) is 0 Å². The molecule has 6 nitrogen and oxygen atoms in total. The molecule has 158 valence electrons. The predicted molar refractivity (Wildman–Crippen MR) is 119 cm³/mol. The molecule has 0 atom stereocenters. The van der Waals surface area contributed by atoms with Crippen LogP contribution in [-0.2, 0) is 4.79 Å². The van der Waals surface area contributed by atoms with Crippen LogP contribution in [0.5, 0.6) is 0 Å². The fourth-order valence-electron chi connectivity index (χ4n) is 4.24. The van der Waals surface area contributed by atoms with E-state index < -0.39 is 0 Å². The molecule has 0 aromatic heterocycles. The van der Waals surface area contributed by atoms with Gasteiger partial charge in [0.25, 0.3) is 0 Å². The maximum absolute atomic E-state index is 12.6. The van der Waals surface area contributed by atoms with Crippen LogP contribution in [0.25, 0.3) is 0 Å². The number of benzene rings is 1. The highest BCUT2D eigenvalue weighted by Crippen LogP contribution is 2.33. The van der Waals surface area contributed by atoms with Gasteiger partial charge in [0.2, 0.25) is 5.91 Å². The van der Waals surface area contributed by atoms with Crippen LogP contribution in [-0.4, -0.2) is 29.4 Å². The number of dihydropyridines is 1. The Morgan fingerprint density at radius 3 is 2.50 bits per heavy atom. The normalized spacial score (nSPS) is 22.7. The van der Waals surface area contributed by atoms with Gasteiger partial charge in [-0.05, 0) is 66.5 Å². The molecule has 0 unspecified atom stereocenters. The average molecular weight is 407 g/mol. The van der Waals surface area contributed by atoms with Crippen LogP contribution in [0.4, 0.5) is 10.5 Å². The molecule has 3 aliphatic rings. The Balaban J connectivity index is 1.29. The zero-order valence-electron chi connectivity index (χ0n) is 17.7. The van der Waals surface area contributed by atoms with Gasteiger partial charge in [0, 0.05) is 36.2 Å². The van der Waals surface area contributed by atoms with Gasteiger partial charge in [0.15, 0.2) is 0 Å². The number of hydrogen-bond acceptors (Lipinski definition) is 3. The summed E-state index contributed by atoms with van der Waals surface area (Å²) in [6.07, 6.45) is 11.8. The smallest absolute Gasteiger partial charge is 0.326 e. The van der Waals surface area contributed by atoms with Gasteiger partial charge in [-0.2, -0.15) is 0 Å². The van der Waals surface area contributed by atoms with E-state index in [2.05, 4.69) is 28.1 Å². The second kappa shape index (κ2) is 8.78. The molecule has 0 radical (unpaired) electrons. The van der Waals surface area contributed by atoms with Crippen molar-refractivity contribution in [1.29, 1.82) is 0 Å². The first kappa shape index (κ1) is 20.3. The van der Waals surface area contributed by atoms with Crippen LogP contribution in [0.1, 0.15) is 51.0 Å². The van der Waals surface area contributed by atoms with Crippen LogP contribution < -0.4 is 16.0 Å². The summed E-state index contributed by atoms with van der Waals surface area (Å²) in [6.45, 7) is 4.44. The number of anilines is 1. The van der Waals surface area contributed by atoms with E-state index in [9.17, 15) is 9.59 Å². The maximum atomic E-state index is 12.6. The van der Waals surface area contributed by atoms with Gasteiger partial charge in [-0.1, -0.05) is 26.0 Å². The lowest BCUT2D eigenvalue weighted by Crippen LogP contribution is -2.39. The lowest BCUT2D eigenvalue weighted by Gasteiger charge is -2.30. The van der Waals surface area contributed by atoms with Crippen molar-refractivity contribution >= 4 is 17.6 Å². The number of amides is 3. The van der Waals surface area contributed by atoms with Gasteiger partial charge in [-0.25, -0.2) is 4.79 Å². The molecule has 3 amide bonds. The Hall–Kier alpha value is -3.02. The Morgan fingerprint density at radius 2 is 1.83 bits per heavy atom. The minimum Gasteiger partial charge on any atom is -0.367 e. The highest BCUT2D eigenvalue weighted by molar-refractivity contribution is 5.91. The molecule has 2 heterocycles. The minimum absolute atomic E-state index is 0.0381. The molecule has 4 rings (SSSR count). The van der Waals surface area contributed by atoms with Crippen molar-refractivity contribution in [2.75, 3.05) is 11.9 Å². The van der Waals surface area contributed by atoms with Gasteiger partial charge >= 0.3 is 6.03 Å². The van der Waals surface area contributed by atoms with Crippen LogP contribution in [0.2, 0.25) is 0 Å². The molecule has 1 fully saturated rings. The van der Waals surface area contributed by atoms with Crippen molar-refractivity contribution in [3.8, 4) is 0 Å². The van der Waals surface area contributed by atoms with E-state index in [1.807, 2.05) is 50.7 Å². The Labute approximate surface area is 178 Å².